The molecule has 1 fully saturated rings. The summed E-state index contributed by atoms with van der Waals surface area (Å²) in [7, 11) is 0. The molecule has 7 nitrogen and oxygen atoms in total. The van der Waals surface area contributed by atoms with Crippen LogP contribution in [0.3, 0.4) is 0 Å². The SMILES string of the molecule is Cc1cc(Br)cc(C)c1NC(=O)c1ccc(N2CCOCC2)c([N+](=O)[O-])c1. The minimum absolute atomic E-state index is 0.0752. The molecule has 2 aromatic carbocycles. The molecule has 1 amide bonds. The average molecular weight is 434 g/mol. The van der Waals surface area contributed by atoms with Crippen molar-refractivity contribution in [3.05, 3.63) is 61.6 Å². The van der Waals surface area contributed by atoms with Gasteiger partial charge in [-0.3, -0.25) is 14.9 Å². The molecule has 0 atom stereocenters. The number of nitrogens with one attached hydrogen (secondary N) is 1. The Bertz CT molecular complexity index is 872. The van der Waals surface area contributed by atoms with E-state index in [1.165, 1.54) is 6.07 Å². The van der Waals surface area contributed by atoms with Crippen molar-refractivity contribution in [1.82, 2.24) is 0 Å². The van der Waals surface area contributed by atoms with E-state index >= 15 is 0 Å². The van der Waals surface area contributed by atoms with Crippen molar-refractivity contribution in [2.75, 3.05) is 36.5 Å². The van der Waals surface area contributed by atoms with E-state index in [0.717, 1.165) is 15.6 Å². The molecule has 1 aliphatic rings. The first kappa shape index (κ1) is 19.3. The molecule has 1 N–H and O–H groups in total. The molecule has 3 rings (SSSR count). The van der Waals surface area contributed by atoms with Gasteiger partial charge in [-0.15, -0.1) is 0 Å². The lowest BCUT2D eigenvalue weighted by Crippen LogP contribution is -2.36. The van der Waals surface area contributed by atoms with Crippen LogP contribution in [0.25, 0.3) is 0 Å². The van der Waals surface area contributed by atoms with Crippen molar-refractivity contribution in [2.45, 2.75) is 13.8 Å². The number of halogens is 1. The minimum Gasteiger partial charge on any atom is -0.378 e. The standard InChI is InChI=1S/C19H20BrN3O4/c1-12-9-15(20)10-13(2)18(12)21-19(24)14-3-4-16(17(11-14)23(25)26)22-5-7-27-8-6-22/h3-4,9-11H,5-8H2,1-2H3,(H,21,24). The van der Waals surface area contributed by atoms with Crippen LogP contribution in [0.2, 0.25) is 0 Å². The highest BCUT2D eigenvalue weighted by Crippen LogP contribution is 2.31. The first-order valence-electron chi connectivity index (χ1n) is 8.56. The predicted octanol–water partition coefficient (Wildman–Crippen LogP) is 4.06. The summed E-state index contributed by atoms with van der Waals surface area (Å²) in [6.07, 6.45) is 0. The molecule has 0 aliphatic carbocycles. The van der Waals surface area contributed by atoms with Gasteiger partial charge in [0.1, 0.15) is 5.69 Å². The zero-order valence-electron chi connectivity index (χ0n) is 15.1. The fourth-order valence-electron chi connectivity index (χ4n) is 3.18. The third-order valence-electron chi connectivity index (χ3n) is 4.52. The van der Waals surface area contributed by atoms with Gasteiger partial charge in [-0.1, -0.05) is 15.9 Å². The van der Waals surface area contributed by atoms with Crippen molar-refractivity contribution in [2.24, 2.45) is 0 Å². The van der Waals surface area contributed by atoms with Gasteiger partial charge in [-0.2, -0.15) is 0 Å². The van der Waals surface area contributed by atoms with Crippen LogP contribution in [-0.4, -0.2) is 37.1 Å². The zero-order chi connectivity index (χ0) is 19.6. The number of carbonyl (C=O) groups is 1. The van der Waals surface area contributed by atoms with E-state index in [1.807, 2.05) is 30.9 Å². The van der Waals surface area contributed by atoms with Crippen LogP contribution < -0.4 is 10.2 Å². The van der Waals surface area contributed by atoms with Crippen molar-refractivity contribution in [1.29, 1.82) is 0 Å². The molecule has 2 aromatic rings. The highest BCUT2D eigenvalue weighted by Gasteiger charge is 2.23. The monoisotopic (exact) mass is 433 g/mol. The quantitative estimate of drug-likeness (QED) is 0.580. The Morgan fingerprint density at radius 1 is 1.19 bits per heavy atom. The van der Waals surface area contributed by atoms with Gasteiger partial charge in [0.2, 0.25) is 0 Å². The Balaban J connectivity index is 1.89. The highest BCUT2D eigenvalue weighted by molar-refractivity contribution is 9.10. The van der Waals surface area contributed by atoms with Crippen molar-refractivity contribution in [3.8, 4) is 0 Å². The van der Waals surface area contributed by atoms with Crippen LogP contribution in [0.15, 0.2) is 34.8 Å². The molecule has 0 aromatic heterocycles. The van der Waals surface area contributed by atoms with Gasteiger partial charge in [-0.05, 0) is 49.2 Å². The molecule has 1 heterocycles. The van der Waals surface area contributed by atoms with E-state index in [4.69, 9.17) is 4.74 Å². The normalized spacial score (nSPS) is 14.1. The number of morpholine rings is 1. The predicted molar refractivity (Wildman–Crippen MR) is 108 cm³/mol. The topological polar surface area (TPSA) is 84.7 Å². The molecule has 0 bridgehead atoms. The Labute approximate surface area is 165 Å². The van der Waals surface area contributed by atoms with Gasteiger partial charge < -0.3 is 15.0 Å². The van der Waals surface area contributed by atoms with Gasteiger partial charge in [0.25, 0.3) is 11.6 Å². The number of anilines is 2. The largest absolute Gasteiger partial charge is 0.378 e. The van der Waals surface area contributed by atoms with Gasteiger partial charge in [0.15, 0.2) is 0 Å². The van der Waals surface area contributed by atoms with Gasteiger partial charge in [0, 0.05) is 34.9 Å². The third kappa shape index (κ3) is 4.28. The summed E-state index contributed by atoms with van der Waals surface area (Å²) in [5, 5.41) is 14.4. The lowest BCUT2D eigenvalue weighted by atomic mass is 10.1. The number of nitro benzene ring substituents is 1. The van der Waals surface area contributed by atoms with Crippen LogP contribution in [0, 0.1) is 24.0 Å². The maximum Gasteiger partial charge on any atom is 0.293 e. The molecule has 0 spiro atoms. The van der Waals surface area contributed by atoms with Crippen molar-refractivity contribution < 1.29 is 14.5 Å². The number of benzene rings is 2. The van der Waals surface area contributed by atoms with Gasteiger partial charge in [0.05, 0.1) is 18.1 Å². The summed E-state index contributed by atoms with van der Waals surface area (Å²) in [6, 6.07) is 8.42. The summed E-state index contributed by atoms with van der Waals surface area (Å²) in [5.41, 5.74) is 3.22. The van der Waals surface area contributed by atoms with Crippen LogP contribution in [0.4, 0.5) is 17.1 Å². The number of nitrogens with zero attached hydrogens (tertiary/aromatic N) is 2. The van der Waals surface area contributed by atoms with E-state index in [-0.39, 0.29) is 17.2 Å². The number of nitro groups is 1. The van der Waals surface area contributed by atoms with E-state index in [1.54, 1.807) is 12.1 Å². The number of amides is 1. The third-order valence-corrected chi connectivity index (χ3v) is 4.98. The average Bonchev–Trinajstić information content (AvgIpc) is 2.64. The summed E-state index contributed by atoms with van der Waals surface area (Å²) in [4.78, 5) is 25.7. The second-order valence-corrected chi connectivity index (χ2v) is 7.34. The smallest absolute Gasteiger partial charge is 0.293 e. The maximum absolute atomic E-state index is 12.7. The summed E-state index contributed by atoms with van der Waals surface area (Å²) >= 11 is 3.43. The number of ether oxygens (including phenoxy) is 1. The van der Waals surface area contributed by atoms with Crippen LogP contribution in [0.5, 0.6) is 0 Å². The molecular weight excluding hydrogens is 414 g/mol. The number of carbonyl (C=O) groups excluding carboxylic acids is 1. The summed E-state index contributed by atoms with van der Waals surface area (Å²) < 4.78 is 6.23. The van der Waals surface area contributed by atoms with Crippen LogP contribution in [0.1, 0.15) is 21.5 Å². The van der Waals surface area contributed by atoms with E-state index in [9.17, 15) is 14.9 Å². The summed E-state index contributed by atoms with van der Waals surface area (Å²) in [6.45, 7) is 6.03. The fraction of sp³-hybridized carbons (Fsp3) is 0.316. The number of aryl methyl sites for hydroxylation is 2. The molecule has 0 radical (unpaired) electrons. The van der Waals surface area contributed by atoms with Gasteiger partial charge >= 0.3 is 0 Å². The first-order valence-corrected chi connectivity index (χ1v) is 9.35. The Morgan fingerprint density at radius 3 is 2.41 bits per heavy atom. The molecular formula is C19H20BrN3O4. The summed E-state index contributed by atoms with van der Waals surface area (Å²) in [5.74, 6) is -0.375. The molecule has 8 heteroatoms. The van der Waals surface area contributed by atoms with Crippen molar-refractivity contribution in [3.63, 3.8) is 0 Å². The maximum atomic E-state index is 12.7. The second kappa shape index (κ2) is 8.06. The fourth-order valence-corrected chi connectivity index (χ4v) is 3.86. The molecule has 0 unspecified atom stereocenters. The minimum atomic E-state index is -0.447. The molecule has 1 aliphatic heterocycles. The van der Waals surface area contributed by atoms with Crippen molar-refractivity contribution >= 4 is 38.9 Å². The Kier molecular flexibility index (Phi) is 5.76. The van der Waals surface area contributed by atoms with E-state index in [2.05, 4.69) is 21.2 Å². The van der Waals surface area contributed by atoms with Crippen LogP contribution in [-0.2, 0) is 4.74 Å². The number of rotatable bonds is 4. The Morgan fingerprint density at radius 2 is 1.81 bits per heavy atom. The highest BCUT2D eigenvalue weighted by atomic mass is 79.9. The number of hydrogen-bond donors (Lipinski definition) is 1. The molecule has 0 saturated carbocycles. The second-order valence-electron chi connectivity index (χ2n) is 6.43. The van der Waals surface area contributed by atoms with Crippen LogP contribution >= 0.6 is 15.9 Å². The molecule has 1 saturated heterocycles. The molecule has 142 valence electrons. The lowest BCUT2D eigenvalue weighted by Gasteiger charge is -2.28. The first-order chi connectivity index (χ1) is 12.9. The van der Waals surface area contributed by atoms with E-state index < -0.39 is 4.92 Å². The zero-order valence-corrected chi connectivity index (χ0v) is 16.7. The lowest BCUT2D eigenvalue weighted by molar-refractivity contribution is -0.384. The van der Waals surface area contributed by atoms with Gasteiger partial charge in [-0.25, -0.2) is 0 Å². The number of hydrogen-bond acceptors (Lipinski definition) is 5. The van der Waals surface area contributed by atoms with E-state index in [0.29, 0.717) is 37.7 Å². The Hall–Kier alpha value is -2.45. The molecule has 27 heavy (non-hydrogen) atoms.